The molecular formula is C24H24F3N7O3. The number of halogens is 3. The number of hydrogen-bond donors (Lipinski definition) is 0. The summed E-state index contributed by atoms with van der Waals surface area (Å²) in [5, 5.41) is 8.55. The molecule has 13 heteroatoms. The summed E-state index contributed by atoms with van der Waals surface area (Å²) in [5.74, 6) is -0.0553. The summed E-state index contributed by atoms with van der Waals surface area (Å²) >= 11 is 0. The number of esters is 1. The Kier molecular flexibility index (Phi) is 6.44. The van der Waals surface area contributed by atoms with Crippen LogP contribution in [0.4, 0.5) is 18.9 Å². The first-order valence-corrected chi connectivity index (χ1v) is 11.7. The lowest BCUT2D eigenvalue weighted by molar-refractivity contribution is -0.145. The molecule has 1 fully saturated rings. The molecule has 0 amide bonds. The maximum absolute atomic E-state index is 13.3. The molecule has 3 aromatic heterocycles. The monoisotopic (exact) mass is 515 g/mol. The molecule has 1 atom stereocenters. The van der Waals surface area contributed by atoms with Crippen molar-refractivity contribution in [3.05, 3.63) is 54.0 Å². The second-order valence-corrected chi connectivity index (χ2v) is 8.52. The number of anilines is 1. The van der Waals surface area contributed by atoms with Crippen LogP contribution in [0.1, 0.15) is 35.7 Å². The van der Waals surface area contributed by atoms with Crippen LogP contribution >= 0.6 is 0 Å². The third-order valence-corrected chi connectivity index (χ3v) is 6.17. The van der Waals surface area contributed by atoms with Gasteiger partial charge in [0, 0.05) is 18.4 Å². The van der Waals surface area contributed by atoms with E-state index in [9.17, 15) is 18.0 Å². The molecule has 0 unspecified atom stereocenters. The highest BCUT2D eigenvalue weighted by Crippen LogP contribution is 2.36. The van der Waals surface area contributed by atoms with Gasteiger partial charge in [0.1, 0.15) is 17.1 Å². The highest BCUT2D eigenvalue weighted by Gasteiger charge is 2.45. The van der Waals surface area contributed by atoms with Crippen LogP contribution in [-0.4, -0.2) is 68.0 Å². The van der Waals surface area contributed by atoms with Crippen LogP contribution in [0.2, 0.25) is 0 Å². The van der Waals surface area contributed by atoms with Crippen molar-refractivity contribution in [2.75, 3.05) is 25.2 Å². The summed E-state index contributed by atoms with van der Waals surface area (Å²) in [6.07, 6.45) is 0.754. The smallest absolute Gasteiger partial charge is 0.408 e. The fourth-order valence-electron chi connectivity index (χ4n) is 4.45. The second kappa shape index (κ2) is 9.71. The number of rotatable bonds is 7. The van der Waals surface area contributed by atoms with Gasteiger partial charge in [0.15, 0.2) is 0 Å². The maximum Gasteiger partial charge on any atom is 0.408 e. The van der Waals surface area contributed by atoms with Crippen LogP contribution in [0.5, 0.6) is 5.88 Å². The number of ether oxygens (including phenoxy) is 2. The van der Waals surface area contributed by atoms with Crippen molar-refractivity contribution in [3.63, 3.8) is 0 Å². The Labute approximate surface area is 209 Å². The summed E-state index contributed by atoms with van der Waals surface area (Å²) in [6.45, 7) is 2.67. The van der Waals surface area contributed by atoms with E-state index in [1.54, 1.807) is 42.1 Å². The van der Waals surface area contributed by atoms with Gasteiger partial charge in [-0.3, -0.25) is 4.68 Å². The number of aromatic nitrogens is 6. The molecule has 0 N–H and O–H groups in total. The predicted molar refractivity (Wildman–Crippen MR) is 127 cm³/mol. The molecule has 4 heterocycles. The predicted octanol–water partition coefficient (Wildman–Crippen LogP) is 3.78. The van der Waals surface area contributed by atoms with Crippen molar-refractivity contribution in [1.82, 2.24) is 29.5 Å². The van der Waals surface area contributed by atoms with Gasteiger partial charge in [0.2, 0.25) is 5.88 Å². The van der Waals surface area contributed by atoms with Crippen LogP contribution in [0, 0.1) is 0 Å². The topological polar surface area (TPSA) is 100 Å². The Balaban J connectivity index is 1.39. The van der Waals surface area contributed by atoms with Crippen LogP contribution < -0.4 is 9.64 Å². The van der Waals surface area contributed by atoms with E-state index < -0.39 is 18.2 Å². The molecule has 0 bridgehead atoms. The highest BCUT2D eigenvalue weighted by atomic mass is 19.4. The van der Waals surface area contributed by atoms with E-state index in [2.05, 4.69) is 20.2 Å². The fraction of sp³-hybridized carbons (Fsp3) is 0.375. The highest BCUT2D eigenvalue weighted by molar-refractivity contribution is 5.88. The first-order valence-electron chi connectivity index (χ1n) is 11.7. The Bertz CT molecular complexity index is 1420. The molecule has 10 nitrogen and oxygen atoms in total. The van der Waals surface area contributed by atoms with Crippen LogP contribution in [0.3, 0.4) is 0 Å². The van der Waals surface area contributed by atoms with Gasteiger partial charge in [0.05, 0.1) is 38.2 Å². The summed E-state index contributed by atoms with van der Waals surface area (Å²) in [4.78, 5) is 22.3. The minimum absolute atomic E-state index is 0.106. The third kappa shape index (κ3) is 4.80. The van der Waals surface area contributed by atoms with E-state index in [-0.39, 0.29) is 30.4 Å². The molecule has 37 heavy (non-hydrogen) atoms. The molecule has 0 spiro atoms. The summed E-state index contributed by atoms with van der Waals surface area (Å²) < 4.78 is 53.5. The zero-order valence-electron chi connectivity index (χ0n) is 20.1. The van der Waals surface area contributed by atoms with Crippen LogP contribution in [0.15, 0.2) is 42.9 Å². The minimum Gasteiger partial charge on any atom is -0.479 e. The minimum atomic E-state index is -4.25. The lowest BCUT2D eigenvalue weighted by Gasteiger charge is -2.28. The van der Waals surface area contributed by atoms with Crippen molar-refractivity contribution in [3.8, 4) is 11.8 Å². The molecule has 4 aromatic rings. The summed E-state index contributed by atoms with van der Waals surface area (Å²) in [5.41, 5.74) is 2.69. The van der Waals surface area contributed by atoms with Crippen molar-refractivity contribution >= 4 is 22.7 Å². The van der Waals surface area contributed by atoms with Gasteiger partial charge >= 0.3 is 12.1 Å². The lowest BCUT2D eigenvalue weighted by Crippen LogP contribution is -2.41. The summed E-state index contributed by atoms with van der Waals surface area (Å²) in [6, 6.07) is 5.53. The molecular weight excluding hydrogens is 491 g/mol. The SMILES string of the molecule is CCOC(=O)c1cnn(-c2nc(OC)c3c(cnn3Cc3ccc(N4CCC[C@H]4C(F)(F)F)cc3)n2)c1. The standard InChI is InChI=1S/C24H24F3N7O3/c1-3-37-22(35)16-11-28-34(14-16)23-30-18-12-29-33(20(18)21(31-23)36-2)13-15-6-8-17(9-7-15)32-10-4-5-19(32)24(25,26)27/h6-9,11-12,14,19H,3-5,10,13H2,1-2H3/t19-/m0/s1. The number of nitrogens with zero attached hydrogens (tertiary/aromatic N) is 7. The average Bonchev–Trinajstić information content (AvgIpc) is 3.64. The largest absolute Gasteiger partial charge is 0.479 e. The average molecular weight is 515 g/mol. The van der Waals surface area contributed by atoms with E-state index in [0.29, 0.717) is 36.2 Å². The van der Waals surface area contributed by atoms with Crippen molar-refractivity contribution < 1.29 is 27.4 Å². The zero-order chi connectivity index (χ0) is 26.2. The molecule has 194 valence electrons. The van der Waals surface area contributed by atoms with Crippen molar-refractivity contribution in [2.45, 2.75) is 38.5 Å². The normalized spacial score (nSPS) is 15.9. The van der Waals surface area contributed by atoms with Gasteiger partial charge in [0.25, 0.3) is 5.95 Å². The molecule has 0 radical (unpaired) electrons. The van der Waals surface area contributed by atoms with E-state index >= 15 is 0 Å². The number of benzene rings is 1. The van der Waals surface area contributed by atoms with Gasteiger partial charge in [-0.15, -0.1) is 0 Å². The van der Waals surface area contributed by atoms with Gasteiger partial charge < -0.3 is 14.4 Å². The fourth-order valence-corrected chi connectivity index (χ4v) is 4.45. The van der Waals surface area contributed by atoms with Crippen molar-refractivity contribution in [1.29, 1.82) is 0 Å². The Morgan fingerprint density at radius 3 is 2.62 bits per heavy atom. The molecule has 0 saturated carbocycles. The van der Waals surface area contributed by atoms with Crippen molar-refractivity contribution in [2.24, 2.45) is 0 Å². The zero-order valence-corrected chi connectivity index (χ0v) is 20.1. The molecule has 1 aliphatic rings. The lowest BCUT2D eigenvalue weighted by atomic mass is 10.1. The van der Waals surface area contributed by atoms with E-state index in [0.717, 1.165) is 5.56 Å². The quantitative estimate of drug-likeness (QED) is 0.343. The number of carbonyl (C=O) groups is 1. The second-order valence-electron chi connectivity index (χ2n) is 8.52. The first-order chi connectivity index (χ1) is 17.8. The Morgan fingerprint density at radius 1 is 1.14 bits per heavy atom. The summed E-state index contributed by atoms with van der Waals surface area (Å²) in [7, 11) is 1.47. The Hall–Kier alpha value is -4.16. The molecule has 1 aliphatic heterocycles. The number of hydrogen-bond acceptors (Lipinski definition) is 8. The molecule has 5 rings (SSSR count). The number of methoxy groups -OCH3 is 1. The maximum atomic E-state index is 13.3. The van der Waals surface area contributed by atoms with Crippen LogP contribution in [-0.2, 0) is 11.3 Å². The van der Waals surface area contributed by atoms with Gasteiger partial charge in [-0.2, -0.15) is 28.4 Å². The van der Waals surface area contributed by atoms with E-state index in [1.807, 2.05) is 0 Å². The Morgan fingerprint density at radius 2 is 1.92 bits per heavy atom. The molecule has 0 aliphatic carbocycles. The van der Waals surface area contributed by atoms with E-state index in [4.69, 9.17) is 9.47 Å². The number of alkyl halides is 3. The third-order valence-electron chi connectivity index (χ3n) is 6.17. The first kappa shape index (κ1) is 24.5. The number of carbonyl (C=O) groups excluding carboxylic acids is 1. The van der Waals surface area contributed by atoms with E-state index in [1.165, 1.54) is 29.1 Å². The van der Waals surface area contributed by atoms with Gasteiger partial charge in [-0.1, -0.05) is 12.1 Å². The van der Waals surface area contributed by atoms with Gasteiger partial charge in [-0.25, -0.2) is 14.5 Å². The van der Waals surface area contributed by atoms with Crippen LogP contribution in [0.25, 0.3) is 17.0 Å². The molecule has 1 saturated heterocycles. The van der Waals surface area contributed by atoms with Gasteiger partial charge in [-0.05, 0) is 37.5 Å². The number of fused-ring (bicyclic) bond motifs is 1. The molecule has 1 aromatic carbocycles.